The number of nitrogens with one attached hydrogen (secondary N) is 1. The lowest BCUT2D eigenvalue weighted by molar-refractivity contribution is -0.171. The second kappa shape index (κ2) is 14.6. The molecule has 2 aliphatic rings. The molecule has 47 heavy (non-hydrogen) atoms. The average Bonchev–Trinajstić information content (AvgIpc) is 3.02. The number of ether oxygens (including phenoxy) is 1. The molecule has 3 atom stereocenters. The van der Waals surface area contributed by atoms with E-state index in [1.807, 2.05) is 0 Å². The summed E-state index contributed by atoms with van der Waals surface area (Å²) in [4.78, 5) is 57.0. The Balaban J connectivity index is 1.68. The summed E-state index contributed by atoms with van der Waals surface area (Å²) in [6.45, 7) is -1.71. The van der Waals surface area contributed by atoms with Crippen LogP contribution in [0.5, 0.6) is 0 Å². The fourth-order valence-electron chi connectivity index (χ4n) is 5.62. The molecule has 256 valence electrons. The van der Waals surface area contributed by atoms with E-state index in [9.17, 15) is 45.5 Å². The number of piperazine rings is 1. The van der Waals surface area contributed by atoms with Gasteiger partial charge in [0.05, 0.1) is 30.8 Å². The molecule has 2 aliphatic heterocycles. The minimum atomic E-state index is -5.11. The quantitative estimate of drug-likeness (QED) is 0.260. The summed E-state index contributed by atoms with van der Waals surface area (Å²) in [7, 11) is 0. The van der Waals surface area contributed by atoms with Crippen molar-refractivity contribution >= 4 is 23.8 Å². The van der Waals surface area contributed by atoms with Crippen LogP contribution in [0.4, 0.5) is 31.1 Å². The van der Waals surface area contributed by atoms with Gasteiger partial charge in [-0.2, -0.15) is 26.3 Å². The molecule has 11 nitrogen and oxygen atoms in total. The first-order valence-electron chi connectivity index (χ1n) is 14.7. The molecule has 0 radical (unpaired) electrons. The number of unbranched alkanes of at least 4 members (excludes halogenated alkanes) is 1. The minimum Gasteiger partial charge on any atom is -0.444 e. The average molecular weight is 673 g/mol. The molecule has 2 fully saturated rings. The van der Waals surface area contributed by atoms with Crippen molar-refractivity contribution in [3.05, 3.63) is 70.8 Å². The van der Waals surface area contributed by atoms with Crippen molar-refractivity contribution < 1.29 is 50.3 Å². The normalized spacial score (nSPS) is 20.3. The third-order valence-corrected chi connectivity index (χ3v) is 7.84. The van der Waals surface area contributed by atoms with Gasteiger partial charge in [-0.3, -0.25) is 19.3 Å². The summed E-state index contributed by atoms with van der Waals surface area (Å²) in [5.41, 5.74) is 8.05. The molecule has 17 heteroatoms. The van der Waals surface area contributed by atoms with Crippen molar-refractivity contribution in [1.82, 2.24) is 20.0 Å². The second-order valence-corrected chi connectivity index (χ2v) is 11.2. The van der Waals surface area contributed by atoms with Crippen molar-refractivity contribution in [2.75, 3.05) is 26.2 Å². The topological polar surface area (TPSA) is 151 Å². The standard InChI is InChI=1S/C30H34F6N6O5/c31-29(32,33)20-10-19(11-21(12-20)30(34,35)36)17-47-28(46)41-15-22(39-24(43)13-38)26(44)42-23(8-4-5-9-37)27(45)40(16-25(41)42)14-18-6-2-1-3-7-18/h1-3,6-7,10-12,22-23,25H,4-5,8-9,13-17,37-38H2,(H,39,43)/t22-,23-,25+/m0/s1. The number of hydrogen-bond acceptors (Lipinski definition) is 7. The van der Waals surface area contributed by atoms with Gasteiger partial charge in [-0.15, -0.1) is 0 Å². The molecule has 2 saturated heterocycles. The molecule has 2 aromatic rings. The van der Waals surface area contributed by atoms with Gasteiger partial charge in [-0.1, -0.05) is 30.3 Å². The third-order valence-electron chi connectivity index (χ3n) is 7.84. The summed E-state index contributed by atoms with van der Waals surface area (Å²) in [6, 6.07) is 7.27. The zero-order valence-electron chi connectivity index (χ0n) is 25.0. The molecule has 2 heterocycles. The summed E-state index contributed by atoms with van der Waals surface area (Å²) < 4.78 is 85.6. The molecule has 0 saturated carbocycles. The molecular formula is C30H34F6N6O5. The first kappa shape index (κ1) is 35.5. The number of alkyl halides is 6. The highest BCUT2D eigenvalue weighted by atomic mass is 19.4. The van der Waals surface area contributed by atoms with Gasteiger partial charge in [-0.25, -0.2) is 4.79 Å². The van der Waals surface area contributed by atoms with Gasteiger partial charge in [0.2, 0.25) is 17.7 Å². The largest absolute Gasteiger partial charge is 0.444 e. The van der Waals surface area contributed by atoms with Gasteiger partial charge in [0, 0.05) is 6.54 Å². The van der Waals surface area contributed by atoms with E-state index in [0.717, 1.165) is 10.5 Å². The van der Waals surface area contributed by atoms with Crippen LogP contribution in [0.2, 0.25) is 0 Å². The van der Waals surface area contributed by atoms with Crippen LogP contribution < -0.4 is 16.8 Å². The van der Waals surface area contributed by atoms with Crippen LogP contribution in [0, 0.1) is 0 Å². The van der Waals surface area contributed by atoms with Crippen LogP contribution in [-0.4, -0.2) is 82.9 Å². The zero-order valence-corrected chi connectivity index (χ0v) is 25.0. The molecular weight excluding hydrogens is 638 g/mol. The zero-order chi connectivity index (χ0) is 34.5. The van der Waals surface area contributed by atoms with E-state index in [0.29, 0.717) is 31.5 Å². The number of rotatable bonds is 10. The van der Waals surface area contributed by atoms with Crippen LogP contribution in [0.3, 0.4) is 0 Å². The highest BCUT2D eigenvalue weighted by Gasteiger charge is 2.52. The van der Waals surface area contributed by atoms with E-state index in [2.05, 4.69) is 5.32 Å². The first-order valence-corrected chi connectivity index (χ1v) is 14.7. The second-order valence-electron chi connectivity index (χ2n) is 11.2. The number of benzene rings is 2. The minimum absolute atomic E-state index is 0.0463. The third kappa shape index (κ3) is 8.51. The molecule has 0 aromatic heterocycles. The van der Waals surface area contributed by atoms with Crippen molar-refractivity contribution in [2.45, 2.75) is 63.0 Å². The molecule has 2 aromatic carbocycles. The molecule has 4 amide bonds. The van der Waals surface area contributed by atoms with Crippen molar-refractivity contribution in [2.24, 2.45) is 11.5 Å². The van der Waals surface area contributed by atoms with Crippen LogP contribution in [0.15, 0.2) is 48.5 Å². The van der Waals surface area contributed by atoms with Crippen molar-refractivity contribution in [3.8, 4) is 0 Å². The number of nitrogens with two attached hydrogens (primary N) is 2. The van der Waals surface area contributed by atoms with Gasteiger partial charge in [0.1, 0.15) is 24.9 Å². The van der Waals surface area contributed by atoms with E-state index in [1.165, 1.54) is 9.80 Å². The summed E-state index contributed by atoms with van der Waals surface area (Å²) >= 11 is 0. The number of nitrogens with zero attached hydrogens (tertiary/aromatic N) is 3. The predicted molar refractivity (Wildman–Crippen MR) is 154 cm³/mol. The van der Waals surface area contributed by atoms with Crippen LogP contribution in [-0.2, 0) is 44.6 Å². The monoisotopic (exact) mass is 672 g/mol. The van der Waals surface area contributed by atoms with E-state index in [4.69, 9.17) is 16.2 Å². The number of amides is 4. The maximum atomic E-state index is 13.8. The van der Waals surface area contributed by atoms with Gasteiger partial charge in [0.15, 0.2) is 0 Å². The number of hydrogen-bond donors (Lipinski definition) is 3. The van der Waals surface area contributed by atoms with E-state index in [1.54, 1.807) is 30.3 Å². The number of halogens is 6. The highest BCUT2D eigenvalue weighted by Crippen LogP contribution is 2.37. The first-order chi connectivity index (χ1) is 22.1. The Labute approximate surface area is 265 Å². The van der Waals surface area contributed by atoms with Gasteiger partial charge >= 0.3 is 18.4 Å². The maximum absolute atomic E-state index is 13.8. The lowest BCUT2D eigenvalue weighted by Gasteiger charge is -2.53. The number of fused-ring (bicyclic) bond motifs is 1. The molecule has 0 aliphatic carbocycles. The highest BCUT2D eigenvalue weighted by molar-refractivity contribution is 5.95. The Kier molecular flexibility index (Phi) is 11.0. The van der Waals surface area contributed by atoms with Crippen molar-refractivity contribution in [3.63, 3.8) is 0 Å². The van der Waals surface area contributed by atoms with Crippen LogP contribution in [0.1, 0.15) is 41.5 Å². The maximum Gasteiger partial charge on any atom is 0.416 e. The number of carbonyl (C=O) groups is 4. The fraction of sp³-hybridized carbons (Fsp3) is 0.467. The molecule has 5 N–H and O–H groups in total. The van der Waals surface area contributed by atoms with Crippen LogP contribution in [0.25, 0.3) is 0 Å². The van der Waals surface area contributed by atoms with Gasteiger partial charge in [0.25, 0.3) is 0 Å². The Morgan fingerprint density at radius 1 is 0.872 bits per heavy atom. The Morgan fingerprint density at radius 3 is 2.09 bits per heavy atom. The molecule has 4 rings (SSSR count). The van der Waals surface area contributed by atoms with E-state index >= 15 is 0 Å². The van der Waals surface area contributed by atoms with Gasteiger partial charge < -0.3 is 31.3 Å². The smallest absolute Gasteiger partial charge is 0.416 e. The molecule has 0 spiro atoms. The SMILES string of the molecule is NCCCC[C@H]1C(=O)N(Cc2ccccc2)C[C@@H]2N(C(=O)OCc3cc(C(F)(F)F)cc(C(F)(F)F)c3)C[C@H](NC(=O)CN)C(=O)N21. The van der Waals surface area contributed by atoms with E-state index in [-0.39, 0.29) is 25.6 Å². The predicted octanol–water partition coefficient (Wildman–Crippen LogP) is 2.81. The Hall–Kier alpha value is -4.38. The molecule has 0 unspecified atom stereocenters. The number of carbonyl (C=O) groups excluding carboxylic acids is 4. The molecule has 0 bridgehead atoms. The van der Waals surface area contributed by atoms with Gasteiger partial charge in [-0.05, 0) is 55.1 Å². The summed E-state index contributed by atoms with van der Waals surface area (Å²) in [5.74, 6) is -1.83. The van der Waals surface area contributed by atoms with Crippen molar-refractivity contribution in [1.29, 1.82) is 0 Å². The summed E-state index contributed by atoms with van der Waals surface area (Å²) in [6.07, 6.45) is -11.4. The lowest BCUT2D eigenvalue weighted by Crippen LogP contribution is -2.75. The Morgan fingerprint density at radius 2 is 1.51 bits per heavy atom. The van der Waals surface area contributed by atoms with E-state index < -0.39 is 90.8 Å². The fourth-order valence-corrected chi connectivity index (χ4v) is 5.62. The Bertz CT molecular complexity index is 1420. The summed E-state index contributed by atoms with van der Waals surface area (Å²) in [5, 5.41) is 2.41. The van der Waals surface area contributed by atoms with Crippen LogP contribution >= 0.6 is 0 Å². The lowest BCUT2D eigenvalue weighted by atomic mass is 9.97.